The number of halogens is 2. The SMILES string of the molecule is NC1(CNS(=O)(=O)c2ccc(Cl)c(Br)c2)CCCCC1. The van der Waals surface area contributed by atoms with Gasteiger partial charge in [-0.1, -0.05) is 30.9 Å². The largest absolute Gasteiger partial charge is 0.324 e. The van der Waals surface area contributed by atoms with Crippen molar-refractivity contribution in [3.05, 3.63) is 27.7 Å². The zero-order valence-electron chi connectivity index (χ0n) is 11.0. The van der Waals surface area contributed by atoms with Gasteiger partial charge in [0.1, 0.15) is 0 Å². The molecule has 20 heavy (non-hydrogen) atoms. The smallest absolute Gasteiger partial charge is 0.240 e. The van der Waals surface area contributed by atoms with E-state index in [1.54, 1.807) is 6.07 Å². The Labute approximate surface area is 133 Å². The molecule has 0 unspecified atom stereocenters. The maximum atomic E-state index is 12.2. The highest BCUT2D eigenvalue weighted by molar-refractivity contribution is 9.10. The summed E-state index contributed by atoms with van der Waals surface area (Å²) in [5.41, 5.74) is 5.82. The predicted molar refractivity (Wildman–Crippen MR) is 84.3 cm³/mol. The quantitative estimate of drug-likeness (QED) is 0.842. The Kier molecular flexibility index (Phi) is 5.13. The summed E-state index contributed by atoms with van der Waals surface area (Å²) in [5, 5.41) is 0.478. The number of hydrogen-bond donors (Lipinski definition) is 2. The third kappa shape index (κ3) is 3.95. The van der Waals surface area contributed by atoms with Crippen molar-refractivity contribution < 1.29 is 8.42 Å². The normalized spacial score (nSPS) is 18.9. The van der Waals surface area contributed by atoms with Crippen molar-refractivity contribution in [1.29, 1.82) is 0 Å². The first kappa shape index (κ1) is 16.2. The molecule has 0 amide bonds. The van der Waals surface area contributed by atoms with Gasteiger partial charge >= 0.3 is 0 Å². The van der Waals surface area contributed by atoms with E-state index in [0.29, 0.717) is 9.50 Å². The third-order valence-electron chi connectivity index (χ3n) is 3.66. The number of benzene rings is 1. The van der Waals surface area contributed by atoms with Gasteiger partial charge in [0.05, 0.1) is 9.92 Å². The maximum Gasteiger partial charge on any atom is 0.240 e. The van der Waals surface area contributed by atoms with E-state index >= 15 is 0 Å². The average molecular weight is 382 g/mol. The molecule has 0 bridgehead atoms. The molecule has 1 aromatic rings. The van der Waals surface area contributed by atoms with Crippen LogP contribution >= 0.6 is 27.5 Å². The minimum absolute atomic E-state index is 0.188. The van der Waals surface area contributed by atoms with Crippen molar-refractivity contribution in [2.24, 2.45) is 5.73 Å². The van der Waals surface area contributed by atoms with Crippen molar-refractivity contribution in [1.82, 2.24) is 4.72 Å². The van der Waals surface area contributed by atoms with Crippen molar-refractivity contribution in [2.75, 3.05) is 6.54 Å². The van der Waals surface area contributed by atoms with Crippen molar-refractivity contribution in [3.8, 4) is 0 Å². The molecule has 1 aliphatic rings. The van der Waals surface area contributed by atoms with Gasteiger partial charge in [-0.2, -0.15) is 0 Å². The molecule has 0 saturated heterocycles. The zero-order valence-corrected chi connectivity index (χ0v) is 14.2. The molecule has 0 heterocycles. The third-order valence-corrected chi connectivity index (χ3v) is 6.28. The lowest BCUT2D eigenvalue weighted by Gasteiger charge is -2.33. The van der Waals surface area contributed by atoms with Gasteiger partial charge in [0.15, 0.2) is 0 Å². The van der Waals surface area contributed by atoms with E-state index in [1.807, 2.05) is 0 Å². The van der Waals surface area contributed by atoms with Crippen LogP contribution in [-0.4, -0.2) is 20.5 Å². The highest BCUT2D eigenvalue weighted by Crippen LogP contribution is 2.27. The second-order valence-electron chi connectivity index (χ2n) is 5.32. The number of sulfonamides is 1. The Balaban J connectivity index is 2.09. The van der Waals surface area contributed by atoms with E-state index in [1.165, 1.54) is 18.6 Å². The molecule has 0 aliphatic heterocycles. The van der Waals surface area contributed by atoms with Crippen LogP contribution in [0, 0.1) is 0 Å². The van der Waals surface area contributed by atoms with E-state index in [-0.39, 0.29) is 11.4 Å². The van der Waals surface area contributed by atoms with E-state index in [4.69, 9.17) is 17.3 Å². The van der Waals surface area contributed by atoms with Gasteiger partial charge in [-0.25, -0.2) is 13.1 Å². The monoisotopic (exact) mass is 380 g/mol. The van der Waals surface area contributed by atoms with Crippen LogP contribution < -0.4 is 10.5 Å². The van der Waals surface area contributed by atoms with Gasteiger partial charge in [0.25, 0.3) is 0 Å². The maximum absolute atomic E-state index is 12.2. The summed E-state index contributed by atoms with van der Waals surface area (Å²) in [6.45, 7) is 0.273. The average Bonchev–Trinajstić information content (AvgIpc) is 2.41. The zero-order chi connectivity index (χ0) is 14.8. The van der Waals surface area contributed by atoms with Crippen LogP contribution in [0.5, 0.6) is 0 Å². The Morgan fingerprint density at radius 3 is 2.55 bits per heavy atom. The molecule has 0 aromatic heterocycles. The van der Waals surface area contributed by atoms with Crippen LogP contribution in [0.4, 0.5) is 0 Å². The topological polar surface area (TPSA) is 72.2 Å². The minimum atomic E-state index is -3.56. The van der Waals surface area contributed by atoms with E-state index in [2.05, 4.69) is 20.7 Å². The second kappa shape index (κ2) is 6.32. The molecular weight excluding hydrogens is 364 g/mol. The molecule has 1 saturated carbocycles. The fourth-order valence-electron chi connectivity index (χ4n) is 2.40. The van der Waals surface area contributed by atoms with Gasteiger partial charge in [-0.05, 0) is 47.0 Å². The van der Waals surface area contributed by atoms with E-state index in [0.717, 1.165) is 25.7 Å². The number of rotatable bonds is 4. The molecule has 7 heteroatoms. The van der Waals surface area contributed by atoms with Gasteiger partial charge in [-0.15, -0.1) is 0 Å². The molecule has 3 N–H and O–H groups in total. The Morgan fingerprint density at radius 2 is 1.95 bits per heavy atom. The van der Waals surface area contributed by atoms with Crippen LogP contribution in [-0.2, 0) is 10.0 Å². The lowest BCUT2D eigenvalue weighted by Crippen LogP contribution is -2.51. The molecule has 0 spiro atoms. The lowest BCUT2D eigenvalue weighted by molar-refractivity contribution is 0.296. The van der Waals surface area contributed by atoms with Crippen LogP contribution in [0.15, 0.2) is 27.6 Å². The molecule has 0 radical (unpaired) electrons. The van der Waals surface area contributed by atoms with Gasteiger partial charge in [0.2, 0.25) is 10.0 Å². The summed E-state index contributed by atoms with van der Waals surface area (Å²) >= 11 is 9.10. The predicted octanol–water partition coefficient (Wildman–Crippen LogP) is 3.04. The summed E-state index contributed by atoms with van der Waals surface area (Å²) in [5.74, 6) is 0. The van der Waals surface area contributed by atoms with Gasteiger partial charge in [0, 0.05) is 16.6 Å². The van der Waals surface area contributed by atoms with Crippen molar-refractivity contribution >= 4 is 37.6 Å². The molecule has 4 nitrogen and oxygen atoms in total. The summed E-state index contributed by atoms with van der Waals surface area (Å²) in [7, 11) is -3.56. The van der Waals surface area contributed by atoms with Gasteiger partial charge < -0.3 is 5.73 Å². The first-order valence-corrected chi connectivity index (χ1v) is 9.21. The summed E-state index contributed by atoms with van der Waals surface area (Å²) in [4.78, 5) is 0.188. The van der Waals surface area contributed by atoms with Crippen molar-refractivity contribution in [2.45, 2.75) is 42.5 Å². The Bertz CT molecular complexity index is 586. The molecule has 1 aliphatic carbocycles. The first-order chi connectivity index (χ1) is 9.32. The lowest BCUT2D eigenvalue weighted by atomic mass is 9.83. The summed E-state index contributed by atoms with van der Waals surface area (Å²) in [6, 6.07) is 4.53. The van der Waals surface area contributed by atoms with Crippen LogP contribution in [0.3, 0.4) is 0 Å². The first-order valence-electron chi connectivity index (χ1n) is 6.56. The molecule has 1 fully saturated rings. The van der Waals surface area contributed by atoms with Crippen LogP contribution in [0.1, 0.15) is 32.1 Å². The Morgan fingerprint density at radius 1 is 1.30 bits per heavy atom. The summed E-state index contributed by atoms with van der Waals surface area (Å²) in [6.07, 6.45) is 5.02. The highest BCUT2D eigenvalue weighted by atomic mass is 79.9. The number of hydrogen-bond acceptors (Lipinski definition) is 3. The molecule has 0 atom stereocenters. The van der Waals surface area contributed by atoms with Crippen LogP contribution in [0.25, 0.3) is 0 Å². The Hall–Kier alpha value is -0.140. The standard InChI is InChI=1S/C13H18BrClN2O2S/c14-11-8-10(4-5-12(11)15)20(18,19)17-9-13(16)6-2-1-3-7-13/h4-5,8,17H,1-3,6-7,9,16H2. The van der Waals surface area contributed by atoms with E-state index in [9.17, 15) is 8.42 Å². The number of nitrogens with one attached hydrogen (secondary N) is 1. The molecule has 112 valence electrons. The molecular formula is C13H18BrClN2O2S. The highest BCUT2D eigenvalue weighted by Gasteiger charge is 2.29. The van der Waals surface area contributed by atoms with Crippen molar-refractivity contribution in [3.63, 3.8) is 0 Å². The fourth-order valence-corrected chi connectivity index (χ4v) is 4.21. The number of nitrogens with two attached hydrogens (primary N) is 1. The minimum Gasteiger partial charge on any atom is -0.324 e. The summed E-state index contributed by atoms with van der Waals surface area (Å²) < 4.78 is 27.7. The second-order valence-corrected chi connectivity index (χ2v) is 8.35. The fraction of sp³-hybridized carbons (Fsp3) is 0.538. The van der Waals surface area contributed by atoms with Gasteiger partial charge in [-0.3, -0.25) is 0 Å². The molecule has 2 rings (SSSR count). The van der Waals surface area contributed by atoms with E-state index < -0.39 is 15.6 Å². The van der Waals surface area contributed by atoms with Crippen LogP contribution in [0.2, 0.25) is 5.02 Å². The molecule has 1 aromatic carbocycles.